The van der Waals surface area contributed by atoms with Crippen LogP contribution in [0.5, 0.6) is 0 Å². The lowest BCUT2D eigenvalue weighted by Crippen LogP contribution is -2.53. The minimum Gasteiger partial charge on any atom is -0.295 e. The Morgan fingerprint density at radius 1 is 0.621 bits per heavy atom. The Hall–Kier alpha value is -3.72. The predicted molar refractivity (Wildman–Crippen MR) is 122 cm³/mol. The first-order valence-corrected chi connectivity index (χ1v) is 10.2. The average Bonchev–Trinajstić information content (AvgIpc) is 3.41. The van der Waals surface area contributed by atoms with Gasteiger partial charge in [0.1, 0.15) is 5.65 Å². The SMILES string of the molecule is c1ccc2c(c1)B1c3c-2cccc3-n2c3c1cccc3n1c3ccccc3cc21. The van der Waals surface area contributed by atoms with E-state index in [1.54, 1.807) is 0 Å². The van der Waals surface area contributed by atoms with Crippen molar-refractivity contribution in [1.82, 2.24) is 8.97 Å². The van der Waals surface area contributed by atoms with Crippen molar-refractivity contribution in [1.29, 1.82) is 0 Å². The lowest BCUT2D eigenvalue weighted by Gasteiger charge is -2.23. The zero-order chi connectivity index (χ0) is 18.7. The highest BCUT2D eigenvalue weighted by atomic mass is 15.1. The summed E-state index contributed by atoms with van der Waals surface area (Å²) in [6.07, 6.45) is 0. The number of aromatic nitrogens is 2. The highest BCUT2D eigenvalue weighted by molar-refractivity contribution is 7.01. The van der Waals surface area contributed by atoms with E-state index in [2.05, 4.69) is 100.0 Å². The van der Waals surface area contributed by atoms with Crippen molar-refractivity contribution < 1.29 is 0 Å². The molecule has 0 fully saturated rings. The largest absolute Gasteiger partial charge is 0.295 e. The number of fused-ring (bicyclic) bond motifs is 10. The van der Waals surface area contributed by atoms with Crippen LogP contribution in [0.25, 0.3) is 44.4 Å². The predicted octanol–water partition coefficient (Wildman–Crippen LogP) is 3.85. The maximum Gasteiger partial charge on any atom is 0.248 e. The molecule has 2 aromatic heterocycles. The Balaban J connectivity index is 1.67. The van der Waals surface area contributed by atoms with Crippen molar-refractivity contribution in [3.8, 4) is 16.8 Å². The summed E-state index contributed by atoms with van der Waals surface area (Å²) in [5, 5.41) is 1.29. The van der Waals surface area contributed by atoms with Gasteiger partial charge in [-0.3, -0.25) is 8.97 Å². The summed E-state index contributed by atoms with van der Waals surface area (Å²) in [6.45, 7) is 0.319. The van der Waals surface area contributed by atoms with Gasteiger partial charge < -0.3 is 0 Å². The molecule has 0 spiro atoms. The molecule has 0 atom stereocenters. The van der Waals surface area contributed by atoms with Crippen LogP contribution < -0.4 is 16.4 Å². The first kappa shape index (κ1) is 14.3. The maximum absolute atomic E-state index is 2.49. The molecular formula is C26H15BN2. The molecule has 8 rings (SSSR count). The van der Waals surface area contributed by atoms with Crippen LogP contribution in [0.1, 0.15) is 0 Å². The van der Waals surface area contributed by atoms with Crippen LogP contribution in [-0.4, -0.2) is 15.7 Å². The first-order valence-electron chi connectivity index (χ1n) is 10.2. The number of benzene rings is 4. The van der Waals surface area contributed by atoms with Gasteiger partial charge in [0, 0.05) is 11.1 Å². The van der Waals surface area contributed by atoms with Crippen LogP contribution >= 0.6 is 0 Å². The van der Waals surface area contributed by atoms with E-state index in [1.165, 1.54) is 60.8 Å². The van der Waals surface area contributed by atoms with Crippen molar-refractivity contribution in [2.45, 2.75) is 0 Å². The molecule has 0 unspecified atom stereocenters. The smallest absolute Gasteiger partial charge is 0.248 e. The van der Waals surface area contributed by atoms with E-state index in [0.29, 0.717) is 6.71 Å². The maximum atomic E-state index is 2.49. The fourth-order valence-corrected chi connectivity index (χ4v) is 5.88. The van der Waals surface area contributed by atoms with Crippen molar-refractivity contribution in [3.63, 3.8) is 0 Å². The molecule has 4 heterocycles. The summed E-state index contributed by atoms with van der Waals surface area (Å²) in [7, 11) is 0. The molecule has 3 heteroatoms. The lowest BCUT2D eigenvalue weighted by atomic mass is 9.37. The Labute approximate surface area is 167 Å². The highest BCUT2D eigenvalue weighted by Crippen LogP contribution is 2.35. The summed E-state index contributed by atoms with van der Waals surface area (Å²) in [4.78, 5) is 0. The fourth-order valence-electron chi connectivity index (χ4n) is 5.88. The molecular weight excluding hydrogens is 351 g/mol. The molecule has 2 nitrogen and oxygen atoms in total. The van der Waals surface area contributed by atoms with E-state index in [-0.39, 0.29) is 0 Å². The molecule has 132 valence electrons. The molecule has 0 saturated carbocycles. The Kier molecular flexibility index (Phi) is 2.29. The lowest BCUT2D eigenvalue weighted by molar-refractivity contribution is 1.16. The standard InChI is InChI=1S/C26H15BN2/c1-4-12-21-16(7-1)15-24-28(21)23-14-6-11-20-26(23)29(24)22-13-5-9-18-17-8-2-3-10-19(17)27(20)25(18)22/h1-15H. The van der Waals surface area contributed by atoms with Crippen molar-refractivity contribution in [2.24, 2.45) is 0 Å². The van der Waals surface area contributed by atoms with Gasteiger partial charge in [0.05, 0.1) is 16.6 Å². The topological polar surface area (TPSA) is 9.34 Å². The Morgan fingerprint density at radius 3 is 2.38 bits per heavy atom. The minimum absolute atomic E-state index is 0.319. The van der Waals surface area contributed by atoms with Gasteiger partial charge in [0.2, 0.25) is 6.71 Å². The number of imidazole rings is 1. The third-order valence-electron chi connectivity index (χ3n) is 6.92. The second-order valence-electron chi connectivity index (χ2n) is 8.21. The van der Waals surface area contributed by atoms with Gasteiger partial charge in [-0.25, -0.2) is 0 Å². The molecule has 2 aliphatic rings. The number of para-hydroxylation sites is 2. The van der Waals surface area contributed by atoms with E-state index in [0.717, 1.165) is 0 Å². The number of rotatable bonds is 0. The van der Waals surface area contributed by atoms with Gasteiger partial charge >= 0.3 is 0 Å². The van der Waals surface area contributed by atoms with Crippen LogP contribution in [0.3, 0.4) is 0 Å². The van der Waals surface area contributed by atoms with Crippen LogP contribution in [0.15, 0.2) is 91.0 Å². The highest BCUT2D eigenvalue weighted by Gasteiger charge is 2.40. The average molecular weight is 366 g/mol. The number of nitrogens with zero attached hydrogens (tertiary/aromatic N) is 2. The van der Waals surface area contributed by atoms with E-state index < -0.39 is 0 Å². The third kappa shape index (κ3) is 1.48. The zero-order valence-electron chi connectivity index (χ0n) is 15.6. The molecule has 0 amide bonds. The molecule has 0 bridgehead atoms. The van der Waals surface area contributed by atoms with Crippen LogP contribution in [0, 0.1) is 0 Å². The van der Waals surface area contributed by atoms with Gasteiger partial charge in [-0.2, -0.15) is 0 Å². The second-order valence-corrected chi connectivity index (χ2v) is 8.21. The molecule has 0 aliphatic carbocycles. The zero-order valence-corrected chi connectivity index (χ0v) is 15.6. The van der Waals surface area contributed by atoms with Crippen molar-refractivity contribution in [3.05, 3.63) is 91.0 Å². The van der Waals surface area contributed by atoms with Crippen molar-refractivity contribution >= 4 is 50.7 Å². The van der Waals surface area contributed by atoms with Crippen LogP contribution in [0.2, 0.25) is 0 Å². The molecule has 4 aromatic carbocycles. The Morgan fingerprint density at radius 2 is 1.38 bits per heavy atom. The fraction of sp³-hybridized carbons (Fsp3) is 0. The van der Waals surface area contributed by atoms with Gasteiger partial charge in [0.15, 0.2) is 0 Å². The van der Waals surface area contributed by atoms with Gasteiger partial charge in [0.25, 0.3) is 0 Å². The number of hydrogen-bond donors (Lipinski definition) is 0. The molecule has 2 aliphatic heterocycles. The van der Waals surface area contributed by atoms with Crippen LogP contribution in [0.4, 0.5) is 0 Å². The van der Waals surface area contributed by atoms with E-state index in [1.807, 2.05) is 0 Å². The molecule has 29 heavy (non-hydrogen) atoms. The minimum atomic E-state index is 0.319. The van der Waals surface area contributed by atoms with Gasteiger partial charge in [-0.15, -0.1) is 0 Å². The molecule has 0 radical (unpaired) electrons. The summed E-state index contributed by atoms with van der Waals surface area (Å²) >= 11 is 0. The van der Waals surface area contributed by atoms with Crippen molar-refractivity contribution in [2.75, 3.05) is 0 Å². The third-order valence-corrected chi connectivity index (χ3v) is 6.92. The quantitative estimate of drug-likeness (QED) is 0.361. The van der Waals surface area contributed by atoms with Gasteiger partial charge in [-0.05, 0) is 46.3 Å². The van der Waals surface area contributed by atoms with E-state index in [9.17, 15) is 0 Å². The summed E-state index contributed by atoms with van der Waals surface area (Å²) in [5.74, 6) is 0. The van der Waals surface area contributed by atoms with E-state index >= 15 is 0 Å². The monoisotopic (exact) mass is 366 g/mol. The van der Waals surface area contributed by atoms with E-state index in [4.69, 9.17) is 0 Å². The summed E-state index contributed by atoms with van der Waals surface area (Å²) in [6, 6.07) is 33.6. The Bertz CT molecular complexity index is 1670. The summed E-state index contributed by atoms with van der Waals surface area (Å²) < 4.78 is 4.92. The molecule has 0 N–H and O–H groups in total. The molecule has 0 saturated heterocycles. The van der Waals surface area contributed by atoms with Crippen LogP contribution in [-0.2, 0) is 0 Å². The van der Waals surface area contributed by atoms with Gasteiger partial charge in [-0.1, -0.05) is 72.2 Å². The molecule has 6 aromatic rings. The normalized spacial score (nSPS) is 13.4. The summed E-state index contributed by atoms with van der Waals surface area (Å²) in [5.41, 5.74) is 13.6. The second kappa shape index (κ2) is 4.64. The number of hydrogen-bond acceptors (Lipinski definition) is 0. The first-order chi connectivity index (χ1) is 14.4.